The number of pyridine rings is 1. The van der Waals surface area contributed by atoms with Crippen LogP contribution in [-0.4, -0.2) is 41.1 Å². The number of Topliss-reactive ketones (excluding diaryl/α,β-unsaturated/α-hetero) is 1. The molecule has 1 aromatic heterocycles. The van der Waals surface area contributed by atoms with Crippen molar-refractivity contribution in [1.29, 1.82) is 0 Å². The molecular weight excluding hydrogens is 566 g/mol. The number of halogens is 4. The normalized spacial score (nSPS) is 15.6. The smallest absolute Gasteiger partial charge is 0.422 e. The first kappa shape index (κ1) is 31.9. The Balaban J connectivity index is 1.75. The van der Waals surface area contributed by atoms with Gasteiger partial charge in [-0.3, -0.25) is 9.79 Å². The van der Waals surface area contributed by atoms with Crippen molar-refractivity contribution in [1.82, 2.24) is 4.98 Å². The number of rotatable bonds is 11. The highest BCUT2D eigenvalue weighted by molar-refractivity contribution is 5.96. The van der Waals surface area contributed by atoms with Crippen LogP contribution in [-0.2, 0) is 11.1 Å². The summed E-state index contributed by atoms with van der Waals surface area (Å²) in [6.07, 6.45) is -4.96. The lowest BCUT2D eigenvalue weighted by atomic mass is 9.86. The fourth-order valence-electron chi connectivity index (χ4n) is 4.71. The second kappa shape index (κ2) is 11.9. The van der Waals surface area contributed by atoms with Gasteiger partial charge in [0.15, 0.2) is 17.3 Å². The number of nitrogens with two attached hydrogens (primary N) is 1. The van der Waals surface area contributed by atoms with E-state index in [1.54, 1.807) is 26.8 Å². The fourth-order valence-corrected chi connectivity index (χ4v) is 4.71. The van der Waals surface area contributed by atoms with E-state index >= 15 is 0 Å². The van der Waals surface area contributed by atoms with Gasteiger partial charge in [0.2, 0.25) is 5.60 Å². The number of carbonyl (C=O) groups is 1. The highest BCUT2D eigenvalue weighted by Crippen LogP contribution is 2.44. The molecule has 1 unspecified atom stereocenters. The van der Waals surface area contributed by atoms with Crippen LogP contribution >= 0.6 is 0 Å². The molecule has 230 valence electrons. The Bertz CT molecular complexity index is 1550. The van der Waals surface area contributed by atoms with Gasteiger partial charge in [-0.1, -0.05) is 0 Å². The molecule has 2 aromatic carbocycles. The van der Waals surface area contributed by atoms with Crippen LogP contribution < -0.4 is 15.2 Å². The van der Waals surface area contributed by atoms with Crippen molar-refractivity contribution < 1.29 is 36.9 Å². The Kier molecular flexibility index (Phi) is 8.87. The molecule has 1 aliphatic rings. The molecule has 0 radical (unpaired) electrons. The zero-order chi connectivity index (χ0) is 31.7. The maximum absolute atomic E-state index is 14.7. The summed E-state index contributed by atoms with van der Waals surface area (Å²) >= 11 is 0. The summed E-state index contributed by atoms with van der Waals surface area (Å²) in [6, 6.07) is 11.1. The summed E-state index contributed by atoms with van der Waals surface area (Å²) in [4.78, 5) is 21.7. The predicted molar refractivity (Wildman–Crippen MR) is 155 cm³/mol. The molecule has 11 heteroatoms. The number of ketones is 1. The number of aryl methyl sites for hydroxylation is 1. The van der Waals surface area contributed by atoms with Gasteiger partial charge in [-0.2, -0.15) is 13.2 Å². The standard InChI is InChI=1S/C32H35F4N3O4/c1-18-14-20(6-10-24(18)33)25-16-22(30(3,4)39-19(2)37)17-29(38-25)31(41,32(34,35)36)13-12-26(40)21-7-11-27(28(15-21)42-5)43-23-8-9-23/h6-7,10-11,14-17,23,41H,8-9,12-13H2,1-5H3,(H2,37,39). The maximum Gasteiger partial charge on any atom is 0.422 e. The monoisotopic (exact) mass is 601 g/mol. The first-order chi connectivity index (χ1) is 20.0. The maximum atomic E-state index is 14.7. The van der Waals surface area contributed by atoms with Gasteiger partial charge in [0.1, 0.15) is 5.82 Å². The topological polar surface area (TPSA) is 107 Å². The lowest BCUT2D eigenvalue weighted by Crippen LogP contribution is -2.43. The predicted octanol–water partition coefficient (Wildman–Crippen LogP) is 6.77. The first-order valence-corrected chi connectivity index (χ1v) is 13.8. The Morgan fingerprint density at radius 3 is 2.37 bits per heavy atom. The van der Waals surface area contributed by atoms with Gasteiger partial charge < -0.3 is 20.3 Å². The average molecular weight is 602 g/mol. The van der Waals surface area contributed by atoms with Gasteiger partial charge in [0.25, 0.3) is 0 Å². The number of carbonyl (C=O) groups excluding carboxylic acids is 1. The molecule has 0 aliphatic heterocycles. The number of alkyl halides is 3. The number of nitrogens with zero attached hydrogens (tertiary/aromatic N) is 2. The van der Waals surface area contributed by atoms with Crippen LogP contribution in [0.15, 0.2) is 53.5 Å². The van der Waals surface area contributed by atoms with Gasteiger partial charge in [-0.25, -0.2) is 9.37 Å². The summed E-state index contributed by atoms with van der Waals surface area (Å²) in [5, 5.41) is 11.3. The Labute approximate surface area is 247 Å². The van der Waals surface area contributed by atoms with Crippen LogP contribution in [0.2, 0.25) is 0 Å². The van der Waals surface area contributed by atoms with E-state index in [2.05, 4.69) is 9.98 Å². The summed E-state index contributed by atoms with van der Waals surface area (Å²) in [5.74, 6) is -0.194. The minimum absolute atomic E-state index is 0.0681. The van der Waals surface area contributed by atoms with E-state index in [4.69, 9.17) is 15.2 Å². The number of methoxy groups -OCH3 is 1. The van der Waals surface area contributed by atoms with E-state index in [0.717, 1.165) is 18.9 Å². The second-order valence-electron chi connectivity index (χ2n) is 11.4. The van der Waals surface area contributed by atoms with Crippen molar-refractivity contribution in [3.8, 4) is 22.8 Å². The number of aliphatic imine (C=N–C) groups is 1. The Morgan fingerprint density at radius 2 is 1.79 bits per heavy atom. The number of aromatic nitrogens is 1. The van der Waals surface area contributed by atoms with Crippen molar-refractivity contribution in [2.75, 3.05) is 7.11 Å². The largest absolute Gasteiger partial charge is 0.493 e. The van der Waals surface area contributed by atoms with Crippen molar-refractivity contribution >= 4 is 11.6 Å². The third-order valence-corrected chi connectivity index (χ3v) is 7.35. The number of ether oxygens (including phenoxy) is 2. The first-order valence-electron chi connectivity index (χ1n) is 13.8. The van der Waals surface area contributed by atoms with Gasteiger partial charge in [-0.05, 0) is 107 Å². The summed E-state index contributed by atoms with van der Waals surface area (Å²) < 4.78 is 69.2. The molecule has 1 aliphatic carbocycles. The molecule has 1 heterocycles. The fraction of sp³-hybridized carbons (Fsp3) is 0.406. The zero-order valence-corrected chi connectivity index (χ0v) is 24.7. The summed E-state index contributed by atoms with van der Waals surface area (Å²) in [6.45, 7) is 6.38. The molecule has 0 bridgehead atoms. The number of aliphatic hydroxyl groups is 1. The quantitative estimate of drug-likeness (QED) is 0.109. The summed E-state index contributed by atoms with van der Waals surface area (Å²) in [7, 11) is 1.41. The molecule has 1 atom stereocenters. The van der Waals surface area contributed by atoms with Crippen LogP contribution in [0.1, 0.15) is 73.6 Å². The van der Waals surface area contributed by atoms with Crippen molar-refractivity contribution in [3.63, 3.8) is 0 Å². The molecule has 43 heavy (non-hydrogen) atoms. The third-order valence-electron chi connectivity index (χ3n) is 7.35. The molecule has 1 saturated carbocycles. The lowest BCUT2D eigenvalue weighted by molar-refractivity contribution is -0.270. The van der Waals surface area contributed by atoms with Crippen LogP contribution in [0.3, 0.4) is 0 Å². The van der Waals surface area contributed by atoms with E-state index in [9.17, 15) is 27.5 Å². The number of benzene rings is 2. The van der Waals surface area contributed by atoms with E-state index in [1.165, 1.54) is 50.4 Å². The van der Waals surface area contributed by atoms with Crippen LogP contribution in [0.25, 0.3) is 11.3 Å². The minimum atomic E-state index is -5.20. The second-order valence-corrected chi connectivity index (χ2v) is 11.4. The Morgan fingerprint density at radius 1 is 1.09 bits per heavy atom. The molecule has 1 fully saturated rings. The number of amidine groups is 1. The minimum Gasteiger partial charge on any atom is -0.493 e. The summed E-state index contributed by atoms with van der Waals surface area (Å²) in [5.41, 5.74) is 1.54. The molecule has 0 spiro atoms. The number of hydrogen-bond acceptors (Lipinski definition) is 6. The molecule has 0 saturated heterocycles. The van der Waals surface area contributed by atoms with E-state index in [1.807, 2.05) is 0 Å². The SMILES string of the molecule is COc1cc(C(=O)CCC(O)(c2cc(C(C)(C)N=C(C)N)cc(-c3ccc(F)c(C)c3)n2)C(F)(F)F)ccc1OC1CC1. The molecule has 4 rings (SSSR count). The van der Waals surface area contributed by atoms with Gasteiger partial charge in [0.05, 0.1) is 36.0 Å². The van der Waals surface area contributed by atoms with E-state index in [0.29, 0.717) is 11.3 Å². The van der Waals surface area contributed by atoms with Gasteiger partial charge in [0, 0.05) is 17.5 Å². The Hall–Kier alpha value is -3.99. The van der Waals surface area contributed by atoms with E-state index < -0.39 is 47.5 Å². The third kappa shape index (κ3) is 7.15. The van der Waals surface area contributed by atoms with Crippen molar-refractivity contribution in [2.45, 2.75) is 76.8 Å². The van der Waals surface area contributed by atoms with E-state index in [-0.39, 0.29) is 40.1 Å². The van der Waals surface area contributed by atoms with Crippen molar-refractivity contribution in [3.05, 3.63) is 76.7 Å². The van der Waals surface area contributed by atoms with Crippen LogP contribution in [0.4, 0.5) is 17.6 Å². The molecule has 7 nitrogen and oxygen atoms in total. The van der Waals surface area contributed by atoms with Crippen LogP contribution in [0, 0.1) is 12.7 Å². The lowest BCUT2D eigenvalue weighted by Gasteiger charge is -2.32. The van der Waals surface area contributed by atoms with Gasteiger partial charge in [-0.15, -0.1) is 0 Å². The zero-order valence-electron chi connectivity index (χ0n) is 24.7. The molecule has 3 N–H and O–H groups in total. The highest BCUT2D eigenvalue weighted by Gasteiger charge is 2.56. The highest BCUT2D eigenvalue weighted by atomic mass is 19.4. The average Bonchev–Trinajstić information content (AvgIpc) is 3.75. The number of hydrogen-bond donors (Lipinski definition) is 2. The molecular formula is C32H35F4N3O4. The van der Waals surface area contributed by atoms with Crippen molar-refractivity contribution in [2.24, 2.45) is 10.7 Å². The molecule has 3 aromatic rings. The molecule has 0 amide bonds. The van der Waals surface area contributed by atoms with Gasteiger partial charge >= 0.3 is 6.18 Å². The van der Waals surface area contributed by atoms with Crippen LogP contribution in [0.5, 0.6) is 11.5 Å².